The van der Waals surface area contributed by atoms with Gasteiger partial charge in [0, 0.05) is 11.1 Å². The van der Waals surface area contributed by atoms with Gasteiger partial charge in [-0.3, -0.25) is 9.20 Å². The SMILES string of the molecule is Cc1c(C#N)ccc2nc(C(C)(C)C)c(C=O)n12. The number of carbonyl (C=O) groups is 1. The summed E-state index contributed by atoms with van der Waals surface area (Å²) in [6.07, 6.45) is 0.814. The summed E-state index contributed by atoms with van der Waals surface area (Å²) < 4.78 is 1.76. The normalized spacial score (nSPS) is 11.5. The number of nitrogens with zero attached hydrogens (tertiary/aromatic N) is 3. The van der Waals surface area contributed by atoms with Gasteiger partial charge in [0.05, 0.1) is 11.3 Å². The van der Waals surface area contributed by atoms with Crippen molar-refractivity contribution < 1.29 is 4.79 Å². The number of carbonyl (C=O) groups excluding carboxylic acids is 1. The van der Waals surface area contributed by atoms with Crippen LogP contribution in [-0.4, -0.2) is 15.7 Å². The molecule has 0 spiro atoms. The number of fused-ring (bicyclic) bond motifs is 1. The number of hydrogen-bond acceptors (Lipinski definition) is 3. The molecular formula is C14H15N3O. The van der Waals surface area contributed by atoms with Crippen LogP contribution in [0.1, 0.15) is 48.2 Å². The third-order valence-corrected chi connectivity index (χ3v) is 3.01. The summed E-state index contributed by atoms with van der Waals surface area (Å²) in [6, 6.07) is 5.63. The molecule has 2 heterocycles. The van der Waals surface area contributed by atoms with Crippen molar-refractivity contribution in [3.05, 3.63) is 34.8 Å². The highest BCUT2D eigenvalue weighted by Crippen LogP contribution is 2.26. The van der Waals surface area contributed by atoms with E-state index < -0.39 is 0 Å². The quantitative estimate of drug-likeness (QED) is 0.721. The van der Waals surface area contributed by atoms with Crippen LogP contribution in [-0.2, 0) is 5.41 Å². The number of hydrogen-bond donors (Lipinski definition) is 0. The Balaban J connectivity index is 2.93. The van der Waals surface area contributed by atoms with Crippen LogP contribution >= 0.6 is 0 Å². The second-order valence-electron chi connectivity index (χ2n) is 5.35. The molecule has 0 aliphatic carbocycles. The molecule has 0 amide bonds. The Morgan fingerprint density at radius 1 is 1.39 bits per heavy atom. The van der Waals surface area contributed by atoms with Gasteiger partial charge in [-0.1, -0.05) is 20.8 Å². The van der Waals surface area contributed by atoms with E-state index in [2.05, 4.69) is 11.1 Å². The van der Waals surface area contributed by atoms with Crippen molar-refractivity contribution in [3.63, 3.8) is 0 Å². The molecule has 0 saturated heterocycles. The second kappa shape index (κ2) is 3.95. The molecule has 0 fully saturated rings. The Morgan fingerprint density at radius 2 is 2.06 bits per heavy atom. The van der Waals surface area contributed by atoms with Crippen LogP contribution in [0.4, 0.5) is 0 Å². The Labute approximate surface area is 106 Å². The third kappa shape index (κ3) is 1.68. The number of aromatic nitrogens is 2. The van der Waals surface area contributed by atoms with E-state index in [9.17, 15) is 4.79 Å². The van der Waals surface area contributed by atoms with Crippen LogP contribution in [0.25, 0.3) is 5.65 Å². The van der Waals surface area contributed by atoms with Crippen LogP contribution in [0.5, 0.6) is 0 Å². The fourth-order valence-corrected chi connectivity index (χ4v) is 2.09. The lowest BCUT2D eigenvalue weighted by atomic mass is 9.91. The van der Waals surface area contributed by atoms with Crippen molar-refractivity contribution in [2.75, 3.05) is 0 Å². The van der Waals surface area contributed by atoms with E-state index in [-0.39, 0.29) is 5.41 Å². The van der Waals surface area contributed by atoms with Crippen LogP contribution in [0.15, 0.2) is 12.1 Å². The zero-order valence-electron chi connectivity index (χ0n) is 11.0. The standard InChI is InChI=1S/C14H15N3O/c1-9-10(7-15)5-6-12-16-13(14(2,3)4)11(8-18)17(9)12/h5-6,8H,1-4H3. The molecule has 2 rings (SSSR count). The molecule has 2 aromatic heterocycles. The predicted octanol–water partition coefficient (Wildman–Crippen LogP) is 2.62. The summed E-state index contributed by atoms with van der Waals surface area (Å²) in [5.41, 5.74) is 3.10. The van der Waals surface area contributed by atoms with Crippen LogP contribution < -0.4 is 0 Å². The first-order chi connectivity index (χ1) is 8.40. The summed E-state index contributed by atoms with van der Waals surface area (Å²) in [7, 11) is 0. The molecule has 0 radical (unpaired) electrons. The van der Waals surface area contributed by atoms with E-state index in [1.54, 1.807) is 16.5 Å². The van der Waals surface area contributed by atoms with Crippen molar-refractivity contribution in [1.29, 1.82) is 5.26 Å². The van der Waals surface area contributed by atoms with E-state index in [1.165, 1.54) is 0 Å². The van der Waals surface area contributed by atoms with Gasteiger partial charge < -0.3 is 0 Å². The van der Waals surface area contributed by atoms with Gasteiger partial charge in [0.25, 0.3) is 0 Å². The van der Waals surface area contributed by atoms with E-state index in [0.717, 1.165) is 17.7 Å². The number of aldehydes is 1. The summed E-state index contributed by atoms with van der Waals surface area (Å²) in [5, 5.41) is 9.04. The lowest BCUT2D eigenvalue weighted by molar-refractivity contribution is 0.111. The molecule has 92 valence electrons. The number of aryl methyl sites for hydroxylation is 1. The Morgan fingerprint density at radius 3 is 2.56 bits per heavy atom. The molecule has 18 heavy (non-hydrogen) atoms. The third-order valence-electron chi connectivity index (χ3n) is 3.01. The van der Waals surface area contributed by atoms with Crippen LogP contribution in [0, 0.1) is 18.3 Å². The molecule has 4 heteroatoms. The number of nitriles is 1. The lowest BCUT2D eigenvalue weighted by Crippen LogP contribution is -2.15. The second-order valence-corrected chi connectivity index (χ2v) is 5.35. The van der Waals surface area contributed by atoms with Crippen molar-refractivity contribution >= 4 is 11.9 Å². The highest BCUT2D eigenvalue weighted by molar-refractivity contribution is 5.77. The number of imidazole rings is 1. The molecule has 0 aliphatic rings. The van der Waals surface area contributed by atoms with Crippen LogP contribution in [0.3, 0.4) is 0 Å². The maximum atomic E-state index is 11.4. The monoisotopic (exact) mass is 241 g/mol. The highest BCUT2D eigenvalue weighted by atomic mass is 16.1. The molecule has 0 aromatic carbocycles. The fourth-order valence-electron chi connectivity index (χ4n) is 2.09. The minimum Gasteiger partial charge on any atom is -0.296 e. The van der Waals surface area contributed by atoms with Gasteiger partial charge in [-0.25, -0.2) is 4.98 Å². The van der Waals surface area contributed by atoms with Gasteiger partial charge in [-0.15, -0.1) is 0 Å². The minimum atomic E-state index is -0.207. The molecule has 0 saturated carbocycles. The van der Waals surface area contributed by atoms with Crippen molar-refractivity contribution in [2.45, 2.75) is 33.1 Å². The van der Waals surface area contributed by atoms with E-state index in [4.69, 9.17) is 5.26 Å². The van der Waals surface area contributed by atoms with Gasteiger partial charge in [0.15, 0.2) is 6.29 Å². The first-order valence-corrected chi connectivity index (χ1v) is 5.78. The average Bonchev–Trinajstić information content (AvgIpc) is 2.68. The smallest absolute Gasteiger partial charge is 0.168 e. The van der Waals surface area contributed by atoms with E-state index >= 15 is 0 Å². The predicted molar refractivity (Wildman–Crippen MR) is 68.7 cm³/mol. The summed E-state index contributed by atoms with van der Waals surface area (Å²) in [4.78, 5) is 15.9. The molecule has 0 aliphatic heterocycles. The first kappa shape index (κ1) is 12.3. The topological polar surface area (TPSA) is 58.2 Å². The van der Waals surface area contributed by atoms with Gasteiger partial charge in [0.1, 0.15) is 17.4 Å². The van der Waals surface area contributed by atoms with Crippen LogP contribution in [0.2, 0.25) is 0 Å². The maximum absolute atomic E-state index is 11.4. The molecule has 4 nitrogen and oxygen atoms in total. The largest absolute Gasteiger partial charge is 0.296 e. The summed E-state index contributed by atoms with van der Waals surface area (Å²) in [5.74, 6) is 0. The molecule has 2 aromatic rings. The van der Waals surface area contributed by atoms with Gasteiger partial charge in [-0.2, -0.15) is 5.26 Å². The molecule has 0 N–H and O–H groups in total. The van der Waals surface area contributed by atoms with E-state index in [0.29, 0.717) is 16.9 Å². The highest BCUT2D eigenvalue weighted by Gasteiger charge is 2.24. The number of pyridine rings is 1. The van der Waals surface area contributed by atoms with Gasteiger partial charge in [-0.05, 0) is 19.1 Å². The fraction of sp³-hybridized carbons (Fsp3) is 0.357. The molecule has 0 bridgehead atoms. The van der Waals surface area contributed by atoms with Gasteiger partial charge in [0.2, 0.25) is 0 Å². The molecule has 0 unspecified atom stereocenters. The molecular weight excluding hydrogens is 226 g/mol. The van der Waals surface area contributed by atoms with E-state index in [1.807, 2.05) is 27.7 Å². The first-order valence-electron chi connectivity index (χ1n) is 5.78. The lowest BCUT2D eigenvalue weighted by Gasteiger charge is -2.15. The van der Waals surface area contributed by atoms with Crippen molar-refractivity contribution in [3.8, 4) is 6.07 Å². The summed E-state index contributed by atoms with van der Waals surface area (Å²) in [6.45, 7) is 7.87. The maximum Gasteiger partial charge on any atom is 0.168 e. The average molecular weight is 241 g/mol. The minimum absolute atomic E-state index is 0.207. The van der Waals surface area contributed by atoms with Gasteiger partial charge >= 0.3 is 0 Å². The zero-order chi connectivity index (χ0) is 13.5. The Hall–Kier alpha value is -2.15. The molecule has 0 atom stereocenters. The summed E-state index contributed by atoms with van der Waals surface area (Å²) >= 11 is 0. The Kier molecular flexibility index (Phi) is 2.70. The Bertz CT molecular complexity index is 669. The van der Waals surface area contributed by atoms with Crippen molar-refractivity contribution in [2.24, 2.45) is 0 Å². The van der Waals surface area contributed by atoms with Crippen molar-refractivity contribution in [1.82, 2.24) is 9.38 Å². The zero-order valence-corrected chi connectivity index (χ0v) is 11.0. The number of rotatable bonds is 1.